The second-order valence-corrected chi connectivity index (χ2v) is 7.82. The van der Waals surface area contributed by atoms with E-state index in [-0.39, 0.29) is 23.9 Å². The van der Waals surface area contributed by atoms with Crippen LogP contribution in [0.15, 0.2) is 0 Å². The molecule has 1 atom stereocenters. The summed E-state index contributed by atoms with van der Waals surface area (Å²) in [7, 11) is 0. The molecule has 1 unspecified atom stereocenters. The highest BCUT2D eigenvalue weighted by Crippen LogP contribution is 2.11. The van der Waals surface area contributed by atoms with Gasteiger partial charge in [-0.1, -0.05) is 64.7 Å². The Balaban J connectivity index is 3.28. The SMILES string of the molecule is CCCCCCCCCCCCOC(=O)CCCCC(=O)OCC(C)Cl. The lowest BCUT2D eigenvalue weighted by atomic mass is 10.1. The van der Waals surface area contributed by atoms with E-state index in [1.807, 2.05) is 0 Å². The number of alkyl halides is 1. The highest BCUT2D eigenvalue weighted by Gasteiger charge is 2.07. The monoisotopic (exact) mass is 390 g/mol. The number of rotatable bonds is 18. The van der Waals surface area contributed by atoms with E-state index in [0.717, 1.165) is 12.8 Å². The minimum atomic E-state index is -0.253. The lowest BCUT2D eigenvalue weighted by Gasteiger charge is -2.06. The quantitative estimate of drug-likeness (QED) is 0.159. The molecule has 0 rings (SSSR count). The molecule has 0 bridgehead atoms. The Morgan fingerprint density at radius 3 is 1.69 bits per heavy atom. The molecule has 0 radical (unpaired) electrons. The molecule has 0 aromatic carbocycles. The standard InChI is InChI=1S/C21H39ClO4/c1-3-4-5-6-7-8-9-10-11-14-17-25-20(23)15-12-13-16-21(24)26-18-19(2)22/h19H,3-18H2,1-2H3. The van der Waals surface area contributed by atoms with Crippen LogP contribution >= 0.6 is 11.6 Å². The number of carbonyl (C=O) groups is 2. The lowest BCUT2D eigenvalue weighted by molar-refractivity contribution is -0.146. The third-order valence-electron chi connectivity index (χ3n) is 4.25. The summed E-state index contributed by atoms with van der Waals surface area (Å²) in [5.41, 5.74) is 0. The molecule has 0 saturated heterocycles. The van der Waals surface area contributed by atoms with Gasteiger partial charge in [-0.2, -0.15) is 0 Å². The zero-order chi connectivity index (χ0) is 19.5. The van der Waals surface area contributed by atoms with Gasteiger partial charge in [0.1, 0.15) is 6.61 Å². The van der Waals surface area contributed by atoms with Gasteiger partial charge in [-0.15, -0.1) is 11.6 Å². The molecule has 0 fully saturated rings. The van der Waals surface area contributed by atoms with Gasteiger partial charge in [-0.3, -0.25) is 9.59 Å². The van der Waals surface area contributed by atoms with Crippen molar-refractivity contribution < 1.29 is 19.1 Å². The van der Waals surface area contributed by atoms with E-state index in [1.54, 1.807) is 6.92 Å². The summed E-state index contributed by atoms with van der Waals surface area (Å²) in [6, 6.07) is 0. The van der Waals surface area contributed by atoms with Crippen LogP contribution in [0.2, 0.25) is 0 Å². The molecule has 0 aliphatic heterocycles. The molecular weight excluding hydrogens is 352 g/mol. The summed E-state index contributed by atoms with van der Waals surface area (Å²) in [5, 5.41) is -0.167. The average Bonchev–Trinajstić information content (AvgIpc) is 2.61. The van der Waals surface area contributed by atoms with Crippen molar-refractivity contribution in [1.29, 1.82) is 0 Å². The second kappa shape index (κ2) is 19.0. The predicted octanol–water partition coefficient (Wildman–Crippen LogP) is 6.18. The van der Waals surface area contributed by atoms with E-state index in [1.165, 1.54) is 51.4 Å². The van der Waals surface area contributed by atoms with Crippen molar-refractivity contribution >= 4 is 23.5 Å². The van der Waals surface area contributed by atoms with Crippen molar-refractivity contribution in [3.63, 3.8) is 0 Å². The fourth-order valence-corrected chi connectivity index (χ4v) is 2.73. The summed E-state index contributed by atoms with van der Waals surface area (Å²) < 4.78 is 10.2. The highest BCUT2D eigenvalue weighted by molar-refractivity contribution is 6.20. The van der Waals surface area contributed by atoms with E-state index in [9.17, 15) is 9.59 Å². The first-order valence-electron chi connectivity index (χ1n) is 10.5. The van der Waals surface area contributed by atoms with Gasteiger partial charge in [-0.05, 0) is 26.2 Å². The maximum Gasteiger partial charge on any atom is 0.305 e. The smallest absolute Gasteiger partial charge is 0.305 e. The van der Waals surface area contributed by atoms with Crippen LogP contribution in [-0.2, 0) is 19.1 Å². The maximum absolute atomic E-state index is 11.6. The summed E-state index contributed by atoms with van der Waals surface area (Å²) in [5.74, 6) is -0.417. The second-order valence-electron chi connectivity index (χ2n) is 7.07. The Bertz CT molecular complexity index is 345. The topological polar surface area (TPSA) is 52.6 Å². The molecule has 0 aromatic heterocycles. The molecule has 0 amide bonds. The molecule has 0 aliphatic rings. The van der Waals surface area contributed by atoms with E-state index < -0.39 is 0 Å². The van der Waals surface area contributed by atoms with Crippen molar-refractivity contribution in [2.24, 2.45) is 0 Å². The van der Waals surface area contributed by atoms with Crippen molar-refractivity contribution in [3.05, 3.63) is 0 Å². The van der Waals surface area contributed by atoms with Crippen molar-refractivity contribution in [1.82, 2.24) is 0 Å². The molecule has 0 spiro atoms. The van der Waals surface area contributed by atoms with Gasteiger partial charge in [0.2, 0.25) is 0 Å². The number of hydrogen-bond donors (Lipinski definition) is 0. The van der Waals surface area contributed by atoms with Crippen molar-refractivity contribution in [2.45, 2.75) is 109 Å². The number of ether oxygens (including phenoxy) is 2. The van der Waals surface area contributed by atoms with Crippen molar-refractivity contribution in [2.75, 3.05) is 13.2 Å². The van der Waals surface area contributed by atoms with E-state index in [4.69, 9.17) is 21.1 Å². The molecule has 0 aromatic rings. The number of hydrogen-bond acceptors (Lipinski definition) is 4. The Morgan fingerprint density at radius 2 is 1.19 bits per heavy atom. The third kappa shape index (κ3) is 19.6. The number of esters is 2. The third-order valence-corrected chi connectivity index (χ3v) is 4.37. The lowest BCUT2D eigenvalue weighted by Crippen LogP contribution is -2.11. The molecule has 0 aliphatic carbocycles. The first-order valence-corrected chi connectivity index (χ1v) is 10.9. The summed E-state index contributed by atoms with van der Waals surface area (Å²) in [6.45, 7) is 4.78. The number of halogens is 1. The maximum atomic E-state index is 11.6. The van der Waals surface area contributed by atoms with Gasteiger partial charge in [-0.25, -0.2) is 0 Å². The molecule has 154 valence electrons. The molecule has 0 N–H and O–H groups in total. The predicted molar refractivity (Wildman–Crippen MR) is 108 cm³/mol. The Kier molecular flexibility index (Phi) is 18.4. The molecule has 26 heavy (non-hydrogen) atoms. The van der Waals surface area contributed by atoms with Crippen LogP contribution in [0, 0.1) is 0 Å². The van der Waals surface area contributed by atoms with Crippen LogP contribution in [-0.4, -0.2) is 30.5 Å². The fraction of sp³-hybridized carbons (Fsp3) is 0.905. The summed E-state index contributed by atoms with van der Waals surface area (Å²) in [6.07, 6.45) is 14.7. The molecular formula is C21H39ClO4. The largest absolute Gasteiger partial charge is 0.466 e. The first kappa shape index (κ1) is 25.2. The molecule has 0 heterocycles. The minimum absolute atomic E-state index is 0.163. The van der Waals surface area contributed by atoms with E-state index in [2.05, 4.69) is 6.92 Å². The van der Waals surface area contributed by atoms with Gasteiger partial charge in [0, 0.05) is 12.8 Å². The van der Waals surface area contributed by atoms with E-state index >= 15 is 0 Å². The van der Waals surface area contributed by atoms with Gasteiger partial charge >= 0.3 is 11.9 Å². The molecule has 0 saturated carbocycles. The zero-order valence-electron chi connectivity index (χ0n) is 16.9. The summed E-state index contributed by atoms with van der Waals surface area (Å²) in [4.78, 5) is 23.0. The van der Waals surface area contributed by atoms with Crippen LogP contribution in [0.25, 0.3) is 0 Å². The van der Waals surface area contributed by atoms with Crippen LogP contribution < -0.4 is 0 Å². The zero-order valence-corrected chi connectivity index (χ0v) is 17.7. The first-order chi connectivity index (χ1) is 12.6. The van der Waals surface area contributed by atoms with Crippen LogP contribution in [0.1, 0.15) is 104 Å². The minimum Gasteiger partial charge on any atom is -0.466 e. The molecule has 5 heteroatoms. The van der Waals surface area contributed by atoms with E-state index in [0.29, 0.717) is 32.3 Å². The van der Waals surface area contributed by atoms with Gasteiger partial charge in [0.05, 0.1) is 12.0 Å². The van der Waals surface area contributed by atoms with Gasteiger partial charge in [0.15, 0.2) is 0 Å². The van der Waals surface area contributed by atoms with Gasteiger partial charge in [0.25, 0.3) is 0 Å². The van der Waals surface area contributed by atoms with Crippen LogP contribution in [0.4, 0.5) is 0 Å². The number of unbranched alkanes of at least 4 members (excludes halogenated alkanes) is 10. The highest BCUT2D eigenvalue weighted by atomic mass is 35.5. The molecule has 4 nitrogen and oxygen atoms in total. The average molecular weight is 391 g/mol. The van der Waals surface area contributed by atoms with Crippen molar-refractivity contribution in [3.8, 4) is 0 Å². The van der Waals surface area contributed by atoms with Crippen LogP contribution in [0.3, 0.4) is 0 Å². The van der Waals surface area contributed by atoms with Crippen LogP contribution in [0.5, 0.6) is 0 Å². The number of carbonyl (C=O) groups excluding carboxylic acids is 2. The Hall–Kier alpha value is -0.770. The Labute approximate surface area is 165 Å². The Morgan fingerprint density at radius 1 is 0.731 bits per heavy atom. The fourth-order valence-electron chi connectivity index (χ4n) is 2.67. The summed E-state index contributed by atoms with van der Waals surface area (Å²) >= 11 is 5.71. The van der Waals surface area contributed by atoms with Gasteiger partial charge < -0.3 is 9.47 Å². The normalized spacial score (nSPS) is 12.0.